The minimum atomic E-state index is -0.139. The van der Waals surface area contributed by atoms with Crippen molar-refractivity contribution in [3.05, 3.63) is 28.2 Å². The standard InChI is InChI=1S/C11H14Cl2N2O2/c1-17-5-4-14-7-11(16)15-8-2-3-9(12)10(13)6-8/h2-3,6,14H,4-5,7H2,1H3,(H,15,16). The summed E-state index contributed by atoms with van der Waals surface area (Å²) in [4.78, 5) is 11.5. The van der Waals surface area contributed by atoms with E-state index in [2.05, 4.69) is 10.6 Å². The summed E-state index contributed by atoms with van der Waals surface area (Å²) >= 11 is 11.6. The molecule has 2 N–H and O–H groups in total. The van der Waals surface area contributed by atoms with Crippen molar-refractivity contribution in [3.63, 3.8) is 0 Å². The number of methoxy groups -OCH3 is 1. The van der Waals surface area contributed by atoms with Crippen LogP contribution in [0.3, 0.4) is 0 Å². The molecule has 0 heterocycles. The highest BCUT2D eigenvalue weighted by Crippen LogP contribution is 2.24. The van der Waals surface area contributed by atoms with E-state index in [1.165, 1.54) is 0 Å². The van der Waals surface area contributed by atoms with E-state index in [4.69, 9.17) is 27.9 Å². The lowest BCUT2D eigenvalue weighted by molar-refractivity contribution is -0.115. The Balaban J connectivity index is 2.37. The number of carbonyl (C=O) groups is 1. The van der Waals surface area contributed by atoms with E-state index in [1.807, 2.05) is 0 Å². The Morgan fingerprint density at radius 2 is 2.12 bits per heavy atom. The van der Waals surface area contributed by atoms with Crippen LogP contribution in [0.5, 0.6) is 0 Å². The summed E-state index contributed by atoms with van der Waals surface area (Å²) in [5, 5.41) is 6.51. The normalized spacial score (nSPS) is 10.3. The van der Waals surface area contributed by atoms with Gasteiger partial charge in [-0.05, 0) is 18.2 Å². The summed E-state index contributed by atoms with van der Waals surface area (Å²) in [6, 6.07) is 4.94. The van der Waals surface area contributed by atoms with Gasteiger partial charge in [0.2, 0.25) is 5.91 Å². The molecule has 17 heavy (non-hydrogen) atoms. The Morgan fingerprint density at radius 1 is 1.35 bits per heavy atom. The van der Waals surface area contributed by atoms with E-state index < -0.39 is 0 Å². The third-order valence-corrected chi connectivity index (χ3v) is 2.71. The summed E-state index contributed by atoms with van der Waals surface area (Å²) in [5.74, 6) is -0.139. The lowest BCUT2D eigenvalue weighted by atomic mass is 10.3. The molecule has 0 fully saturated rings. The first-order valence-electron chi connectivity index (χ1n) is 5.08. The summed E-state index contributed by atoms with van der Waals surface area (Å²) in [7, 11) is 1.61. The third kappa shape index (κ3) is 5.37. The van der Waals surface area contributed by atoms with Crippen molar-refractivity contribution in [2.24, 2.45) is 0 Å². The minimum Gasteiger partial charge on any atom is -0.383 e. The molecular formula is C11H14Cl2N2O2. The van der Waals surface area contributed by atoms with Gasteiger partial charge in [0.15, 0.2) is 0 Å². The average molecular weight is 277 g/mol. The lowest BCUT2D eigenvalue weighted by Gasteiger charge is -2.07. The molecule has 0 radical (unpaired) electrons. The Hall–Kier alpha value is -0.810. The van der Waals surface area contributed by atoms with Crippen molar-refractivity contribution in [2.75, 3.05) is 32.1 Å². The molecule has 0 bridgehead atoms. The number of hydrogen-bond donors (Lipinski definition) is 2. The summed E-state index contributed by atoms with van der Waals surface area (Å²) < 4.78 is 4.84. The van der Waals surface area contributed by atoms with Gasteiger partial charge in [0, 0.05) is 19.3 Å². The molecule has 1 aromatic rings. The van der Waals surface area contributed by atoms with Gasteiger partial charge in [-0.25, -0.2) is 0 Å². The first kappa shape index (κ1) is 14.3. The molecule has 0 saturated heterocycles. The summed E-state index contributed by atoms with van der Waals surface area (Å²) in [6.45, 7) is 1.43. The molecule has 0 aliphatic rings. The molecule has 94 valence electrons. The lowest BCUT2D eigenvalue weighted by Crippen LogP contribution is -2.30. The SMILES string of the molecule is COCCNCC(=O)Nc1ccc(Cl)c(Cl)c1. The van der Waals surface area contributed by atoms with Crippen molar-refractivity contribution in [3.8, 4) is 0 Å². The molecule has 0 aliphatic carbocycles. The van der Waals surface area contributed by atoms with Crippen LogP contribution in [-0.2, 0) is 9.53 Å². The van der Waals surface area contributed by atoms with Gasteiger partial charge in [-0.3, -0.25) is 4.79 Å². The quantitative estimate of drug-likeness (QED) is 0.783. The molecule has 1 aromatic carbocycles. The highest BCUT2D eigenvalue weighted by molar-refractivity contribution is 6.42. The predicted molar refractivity (Wildman–Crippen MR) is 69.8 cm³/mol. The topological polar surface area (TPSA) is 50.4 Å². The molecule has 0 atom stereocenters. The maximum atomic E-state index is 11.5. The number of amides is 1. The fourth-order valence-corrected chi connectivity index (χ4v) is 1.45. The molecule has 0 unspecified atom stereocenters. The maximum Gasteiger partial charge on any atom is 0.238 e. The monoisotopic (exact) mass is 276 g/mol. The predicted octanol–water partition coefficient (Wildman–Crippen LogP) is 2.17. The van der Waals surface area contributed by atoms with E-state index in [9.17, 15) is 4.79 Å². The van der Waals surface area contributed by atoms with E-state index >= 15 is 0 Å². The molecule has 0 aromatic heterocycles. The minimum absolute atomic E-state index is 0.139. The molecule has 0 spiro atoms. The molecular weight excluding hydrogens is 263 g/mol. The molecule has 1 rings (SSSR count). The average Bonchev–Trinajstić information content (AvgIpc) is 2.30. The molecule has 1 amide bonds. The molecule has 4 nitrogen and oxygen atoms in total. The second-order valence-corrected chi connectivity index (χ2v) is 4.16. The number of ether oxygens (including phenoxy) is 1. The van der Waals surface area contributed by atoms with Gasteiger partial charge < -0.3 is 15.4 Å². The summed E-state index contributed by atoms with van der Waals surface area (Å²) in [6.07, 6.45) is 0. The highest BCUT2D eigenvalue weighted by Gasteiger charge is 2.03. The van der Waals surface area contributed by atoms with Crippen LogP contribution in [0.1, 0.15) is 0 Å². The number of nitrogens with one attached hydrogen (secondary N) is 2. The van der Waals surface area contributed by atoms with Crippen molar-refractivity contribution in [2.45, 2.75) is 0 Å². The summed E-state index contributed by atoms with van der Waals surface area (Å²) in [5.41, 5.74) is 0.623. The second-order valence-electron chi connectivity index (χ2n) is 3.35. The zero-order chi connectivity index (χ0) is 12.7. The van der Waals surface area contributed by atoms with Crippen molar-refractivity contribution in [1.82, 2.24) is 5.32 Å². The third-order valence-electron chi connectivity index (χ3n) is 1.97. The van der Waals surface area contributed by atoms with Gasteiger partial charge in [0.25, 0.3) is 0 Å². The highest BCUT2D eigenvalue weighted by atomic mass is 35.5. The number of benzene rings is 1. The van der Waals surface area contributed by atoms with E-state index in [0.29, 0.717) is 28.9 Å². The van der Waals surface area contributed by atoms with Crippen LogP contribution >= 0.6 is 23.2 Å². The molecule has 6 heteroatoms. The second kappa shape index (κ2) is 7.50. The van der Waals surface area contributed by atoms with Crippen LogP contribution in [0.15, 0.2) is 18.2 Å². The van der Waals surface area contributed by atoms with Gasteiger partial charge in [0.1, 0.15) is 0 Å². The fourth-order valence-electron chi connectivity index (χ4n) is 1.16. The zero-order valence-electron chi connectivity index (χ0n) is 9.43. The van der Waals surface area contributed by atoms with Crippen LogP contribution in [0, 0.1) is 0 Å². The van der Waals surface area contributed by atoms with E-state index in [0.717, 1.165) is 0 Å². The van der Waals surface area contributed by atoms with Crippen molar-refractivity contribution in [1.29, 1.82) is 0 Å². The maximum absolute atomic E-state index is 11.5. The van der Waals surface area contributed by atoms with Gasteiger partial charge in [-0.2, -0.15) is 0 Å². The van der Waals surface area contributed by atoms with Gasteiger partial charge >= 0.3 is 0 Å². The van der Waals surface area contributed by atoms with Crippen LogP contribution in [0.25, 0.3) is 0 Å². The van der Waals surface area contributed by atoms with Crippen molar-refractivity contribution >= 4 is 34.8 Å². The van der Waals surface area contributed by atoms with Crippen molar-refractivity contribution < 1.29 is 9.53 Å². The van der Waals surface area contributed by atoms with E-state index in [-0.39, 0.29) is 12.5 Å². The molecule has 0 saturated carbocycles. The first-order valence-corrected chi connectivity index (χ1v) is 5.83. The Kier molecular flexibility index (Phi) is 6.29. The number of anilines is 1. The Labute approximate surface area is 110 Å². The van der Waals surface area contributed by atoms with E-state index in [1.54, 1.807) is 25.3 Å². The van der Waals surface area contributed by atoms with Crippen LogP contribution in [0.2, 0.25) is 10.0 Å². The largest absolute Gasteiger partial charge is 0.383 e. The van der Waals surface area contributed by atoms with Crippen LogP contribution < -0.4 is 10.6 Å². The number of rotatable bonds is 6. The van der Waals surface area contributed by atoms with Crippen LogP contribution in [0.4, 0.5) is 5.69 Å². The Morgan fingerprint density at radius 3 is 2.76 bits per heavy atom. The fraction of sp³-hybridized carbons (Fsp3) is 0.364. The zero-order valence-corrected chi connectivity index (χ0v) is 10.9. The Bertz CT molecular complexity index is 386. The molecule has 0 aliphatic heterocycles. The number of carbonyl (C=O) groups excluding carboxylic acids is 1. The van der Waals surface area contributed by atoms with Gasteiger partial charge in [0.05, 0.1) is 23.2 Å². The van der Waals surface area contributed by atoms with Gasteiger partial charge in [-0.15, -0.1) is 0 Å². The van der Waals surface area contributed by atoms with Gasteiger partial charge in [-0.1, -0.05) is 23.2 Å². The smallest absolute Gasteiger partial charge is 0.238 e. The number of halogens is 2. The number of hydrogen-bond acceptors (Lipinski definition) is 3. The first-order chi connectivity index (χ1) is 8.13. The van der Waals surface area contributed by atoms with Crippen LogP contribution in [-0.4, -0.2) is 32.7 Å².